The van der Waals surface area contributed by atoms with Gasteiger partial charge in [-0.3, -0.25) is 4.79 Å². The number of hydrogen-bond acceptors (Lipinski definition) is 5. The van der Waals surface area contributed by atoms with Crippen LogP contribution in [0.25, 0.3) is 21.7 Å². The number of amides is 1. The van der Waals surface area contributed by atoms with Crippen molar-refractivity contribution in [3.8, 4) is 21.7 Å². The van der Waals surface area contributed by atoms with Crippen LogP contribution in [0.5, 0.6) is 0 Å². The summed E-state index contributed by atoms with van der Waals surface area (Å²) >= 11 is 1.53. The molecule has 4 aromatic rings. The topological polar surface area (TPSA) is 66.4 Å². The Balaban J connectivity index is 1.44. The molecule has 0 unspecified atom stereocenters. The third-order valence-electron chi connectivity index (χ3n) is 4.59. The van der Waals surface area contributed by atoms with Crippen LogP contribution in [0, 0.1) is 6.92 Å². The summed E-state index contributed by atoms with van der Waals surface area (Å²) in [6.45, 7) is 2.11. The van der Waals surface area contributed by atoms with E-state index in [4.69, 9.17) is 4.98 Å². The number of carbonyl (C=O) groups is 1. The number of aromatic nitrogens is 1. The van der Waals surface area contributed by atoms with Gasteiger partial charge in [-0.25, -0.2) is 10.4 Å². The molecule has 0 saturated carbocycles. The molecule has 0 spiro atoms. The first kappa shape index (κ1) is 20.5. The SMILES string of the molecule is Cc1ccc(/C=N/NC(=O)CNc2nc(-c3ccccc3)c(-c3ccccc3)s2)cc1. The quantitative estimate of drug-likeness (QED) is 0.309. The van der Waals surface area contributed by atoms with Crippen LogP contribution in [0.1, 0.15) is 11.1 Å². The third-order valence-corrected chi connectivity index (χ3v) is 5.65. The molecular weight excluding hydrogens is 404 g/mol. The molecule has 0 atom stereocenters. The Bertz CT molecular complexity index is 1110. The lowest BCUT2D eigenvalue weighted by atomic mass is 10.1. The Morgan fingerprint density at radius 3 is 2.26 bits per heavy atom. The van der Waals surface area contributed by atoms with Crippen LogP contribution in [0.2, 0.25) is 0 Å². The summed E-state index contributed by atoms with van der Waals surface area (Å²) in [5, 5.41) is 7.83. The van der Waals surface area contributed by atoms with Gasteiger partial charge in [-0.05, 0) is 18.1 Å². The number of nitrogens with one attached hydrogen (secondary N) is 2. The minimum atomic E-state index is -0.235. The summed E-state index contributed by atoms with van der Waals surface area (Å²) in [4.78, 5) is 18.0. The molecule has 1 amide bonds. The van der Waals surface area contributed by atoms with Gasteiger partial charge in [0.2, 0.25) is 0 Å². The van der Waals surface area contributed by atoms with Gasteiger partial charge < -0.3 is 5.32 Å². The predicted molar refractivity (Wildman–Crippen MR) is 128 cm³/mol. The number of hydrazone groups is 1. The van der Waals surface area contributed by atoms with E-state index in [2.05, 4.69) is 28.0 Å². The molecule has 1 heterocycles. The van der Waals surface area contributed by atoms with Crippen molar-refractivity contribution in [3.05, 3.63) is 96.1 Å². The van der Waals surface area contributed by atoms with E-state index in [0.717, 1.165) is 27.3 Å². The number of rotatable bonds is 7. The number of anilines is 1. The molecule has 31 heavy (non-hydrogen) atoms. The molecule has 2 N–H and O–H groups in total. The summed E-state index contributed by atoms with van der Waals surface area (Å²) in [7, 11) is 0. The minimum Gasteiger partial charge on any atom is -0.352 e. The molecule has 4 rings (SSSR count). The zero-order valence-electron chi connectivity index (χ0n) is 17.1. The fourth-order valence-corrected chi connectivity index (χ4v) is 3.99. The Morgan fingerprint density at radius 2 is 1.58 bits per heavy atom. The zero-order valence-corrected chi connectivity index (χ0v) is 17.9. The summed E-state index contributed by atoms with van der Waals surface area (Å²) < 4.78 is 0. The second-order valence-corrected chi connectivity index (χ2v) is 7.99. The first-order valence-electron chi connectivity index (χ1n) is 9.93. The number of nitrogens with zero attached hydrogens (tertiary/aromatic N) is 2. The van der Waals surface area contributed by atoms with Crippen LogP contribution in [0.15, 0.2) is 90.0 Å². The largest absolute Gasteiger partial charge is 0.352 e. The van der Waals surface area contributed by atoms with Crippen LogP contribution in [0.3, 0.4) is 0 Å². The molecule has 1 aromatic heterocycles. The van der Waals surface area contributed by atoms with Gasteiger partial charge in [-0.15, -0.1) is 0 Å². The summed E-state index contributed by atoms with van der Waals surface area (Å²) in [6.07, 6.45) is 1.63. The van der Waals surface area contributed by atoms with Gasteiger partial charge in [-0.1, -0.05) is 102 Å². The van der Waals surface area contributed by atoms with E-state index < -0.39 is 0 Å². The molecule has 154 valence electrons. The maximum absolute atomic E-state index is 12.2. The van der Waals surface area contributed by atoms with Gasteiger partial charge in [0.15, 0.2) is 5.13 Å². The predicted octanol–water partition coefficient (Wildman–Crippen LogP) is 5.35. The minimum absolute atomic E-state index is 0.0845. The lowest BCUT2D eigenvalue weighted by Crippen LogP contribution is -2.25. The Hall–Kier alpha value is -3.77. The van der Waals surface area contributed by atoms with Gasteiger partial charge in [0.1, 0.15) is 0 Å². The average molecular weight is 427 g/mol. The lowest BCUT2D eigenvalue weighted by Gasteiger charge is -2.02. The molecule has 0 saturated heterocycles. The summed E-state index contributed by atoms with van der Waals surface area (Å²) in [6, 6.07) is 28.1. The maximum Gasteiger partial charge on any atom is 0.259 e. The highest BCUT2D eigenvalue weighted by Crippen LogP contribution is 2.38. The van der Waals surface area contributed by atoms with Crippen molar-refractivity contribution in [2.45, 2.75) is 6.92 Å². The van der Waals surface area contributed by atoms with Crippen molar-refractivity contribution in [2.24, 2.45) is 5.10 Å². The van der Waals surface area contributed by atoms with E-state index >= 15 is 0 Å². The van der Waals surface area contributed by atoms with Gasteiger partial charge >= 0.3 is 0 Å². The molecule has 5 nitrogen and oxygen atoms in total. The molecule has 6 heteroatoms. The Morgan fingerprint density at radius 1 is 0.935 bits per heavy atom. The van der Waals surface area contributed by atoms with E-state index in [9.17, 15) is 4.79 Å². The molecule has 0 aliphatic heterocycles. The fourth-order valence-electron chi connectivity index (χ4n) is 3.00. The number of thiazole rings is 1. The molecule has 0 fully saturated rings. The highest BCUT2D eigenvalue weighted by atomic mass is 32.1. The van der Waals surface area contributed by atoms with Crippen molar-refractivity contribution in [3.63, 3.8) is 0 Å². The normalized spacial score (nSPS) is 10.9. The van der Waals surface area contributed by atoms with Crippen molar-refractivity contribution in [1.82, 2.24) is 10.4 Å². The zero-order chi connectivity index (χ0) is 21.5. The lowest BCUT2D eigenvalue weighted by molar-refractivity contribution is -0.119. The van der Waals surface area contributed by atoms with Crippen LogP contribution < -0.4 is 10.7 Å². The second kappa shape index (κ2) is 9.82. The molecule has 0 radical (unpaired) electrons. The fraction of sp³-hybridized carbons (Fsp3) is 0.0800. The van der Waals surface area contributed by atoms with Crippen LogP contribution in [-0.4, -0.2) is 23.7 Å². The first-order chi connectivity index (χ1) is 15.2. The summed E-state index contributed by atoms with van der Waals surface area (Å²) in [5.74, 6) is -0.235. The van der Waals surface area contributed by atoms with Gasteiger partial charge in [0.25, 0.3) is 5.91 Å². The van der Waals surface area contributed by atoms with E-state index in [1.165, 1.54) is 16.9 Å². The first-order valence-corrected chi connectivity index (χ1v) is 10.7. The van der Waals surface area contributed by atoms with E-state index in [-0.39, 0.29) is 12.5 Å². The standard InChI is InChI=1S/C25H22N4OS/c1-18-12-14-19(15-13-18)16-27-29-22(30)17-26-25-28-23(20-8-4-2-5-9-20)24(31-25)21-10-6-3-7-11-21/h2-16H,17H2,1H3,(H,26,28)(H,29,30)/b27-16+. The van der Waals surface area contributed by atoms with Crippen molar-refractivity contribution in [1.29, 1.82) is 0 Å². The highest BCUT2D eigenvalue weighted by molar-refractivity contribution is 7.19. The monoisotopic (exact) mass is 426 g/mol. The third kappa shape index (κ3) is 5.43. The smallest absolute Gasteiger partial charge is 0.259 e. The molecule has 3 aromatic carbocycles. The van der Waals surface area contributed by atoms with E-state index in [1.807, 2.05) is 79.7 Å². The number of benzene rings is 3. The van der Waals surface area contributed by atoms with Crippen LogP contribution in [0.4, 0.5) is 5.13 Å². The van der Waals surface area contributed by atoms with Gasteiger partial charge in [0, 0.05) is 5.56 Å². The van der Waals surface area contributed by atoms with Gasteiger partial charge in [-0.2, -0.15) is 5.10 Å². The van der Waals surface area contributed by atoms with Crippen molar-refractivity contribution in [2.75, 3.05) is 11.9 Å². The van der Waals surface area contributed by atoms with E-state index in [0.29, 0.717) is 5.13 Å². The van der Waals surface area contributed by atoms with Crippen LogP contribution >= 0.6 is 11.3 Å². The second-order valence-electron chi connectivity index (χ2n) is 6.99. The molecular formula is C25H22N4OS. The molecule has 0 bridgehead atoms. The number of carbonyl (C=O) groups excluding carboxylic acids is 1. The summed E-state index contributed by atoms with van der Waals surface area (Å²) in [5.41, 5.74) is 7.69. The van der Waals surface area contributed by atoms with Crippen LogP contribution in [-0.2, 0) is 4.79 Å². The Labute approximate surface area is 185 Å². The van der Waals surface area contributed by atoms with E-state index in [1.54, 1.807) is 6.21 Å². The average Bonchev–Trinajstić information content (AvgIpc) is 3.25. The molecule has 0 aliphatic rings. The molecule has 0 aliphatic carbocycles. The number of hydrogen-bond donors (Lipinski definition) is 2. The highest BCUT2D eigenvalue weighted by Gasteiger charge is 2.15. The van der Waals surface area contributed by atoms with Crippen molar-refractivity contribution < 1.29 is 4.79 Å². The Kier molecular flexibility index (Phi) is 6.50. The van der Waals surface area contributed by atoms with Crippen molar-refractivity contribution >= 4 is 28.6 Å². The maximum atomic E-state index is 12.2. The number of aryl methyl sites for hydroxylation is 1. The van der Waals surface area contributed by atoms with Gasteiger partial charge in [0.05, 0.1) is 23.3 Å².